The molecule has 0 bridgehead atoms. The Bertz CT molecular complexity index is 700. The number of carbonyl (C=O) groups excluding carboxylic acids is 1. The van der Waals surface area contributed by atoms with Crippen LogP contribution in [0.3, 0.4) is 0 Å². The number of ether oxygens (including phenoxy) is 1. The molecule has 0 amide bonds. The van der Waals surface area contributed by atoms with Crippen molar-refractivity contribution < 1.29 is 19.7 Å². The van der Waals surface area contributed by atoms with E-state index >= 15 is 0 Å². The minimum atomic E-state index is -0.456. The third kappa shape index (κ3) is 8.53. The molecule has 4 nitrogen and oxygen atoms in total. The normalized spacial score (nSPS) is 24.3. The van der Waals surface area contributed by atoms with Crippen LogP contribution in [0.1, 0.15) is 102 Å². The number of rotatable bonds is 13. The van der Waals surface area contributed by atoms with Gasteiger partial charge in [-0.05, 0) is 63.0 Å². The van der Waals surface area contributed by atoms with Gasteiger partial charge in [-0.15, -0.1) is 11.6 Å². The molecule has 1 aromatic rings. The fourth-order valence-corrected chi connectivity index (χ4v) is 5.02. The summed E-state index contributed by atoms with van der Waals surface area (Å²) in [4.78, 5) is 11.6. The lowest BCUT2D eigenvalue weighted by molar-refractivity contribution is -0.147. The summed E-state index contributed by atoms with van der Waals surface area (Å²) in [5.41, 5.74) is 2.02. The number of aliphatic hydroxyl groups is 2. The summed E-state index contributed by atoms with van der Waals surface area (Å²) in [5.74, 6) is 0.00994. The number of hydrogen-bond acceptors (Lipinski definition) is 4. The molecule has 5 atom stereocenters. The molecule has 1 aliphatic carbocycles. The predicted octanol–water partition coefficient (Wildman–Crippen LogP) is 6.44. The van der Waals surface area contributed by atoms with Gasteiger partial charge in [0.2, 0.25) is 0 Å². The van der Waals surface area contributed by atoms with Crippen molar-refractivity contribution in [2.24, 2.45) is 5.92 Å². The summed E-state index contributed by atoms with van der Waals surface area (Å²) >= 11 is 6.61. The van der Waals surface area contributed by atoms with Crippen LogP contribution in [0.15, 0.2) is 36.4 Å². The van der Waals surface area contributed by atoms with Gasteiger partial charge in [0.1, 0.15) is 0 Å². The lowest BCUT2D eigenvalue weighted by Crippen LogP contribution is -2.18. The molecular weight excluding hydrogens is 424 g/mol. The first-order chi connectivity index (χ1) is 15.3. The van der Waals surface area contributed by atoms with E-state index in [1.54, 1.807) is 0 Å². The van der Waals surface area contributed by atoms with Crippen molar-refractivity contribution in [3.05, 3.63) is 47.5 Å². The van der Waals surface area contributed by atoms with Crippen molar-refractivity contribution in [1.82, 2.24) is 0 Å². The topological polar surface area (TPSA) is 66.8 Å². The second-order valence-corrected chi connectivity index (χ2v) is 9.89. The van der Waals surface area contributed by atoms with E-state index in [0.29, 0.717) is 12.8 Å². The number of unbranched alkanes of at least 4 members (excludes halogenated alkanes) is 3. The first kappa shape index (κ1) is 26.9. The van der Waals surface area contributed by atoms with Gasteiger partial charge in [-0.1, -0.05) is 62.6 Å². The number of alkyl halides is 1. The van der Waals surface area contributed by atoms with Crippen LogP contribution >= 0.6 is 11.6 Å². The van der Waals surface area contributed by atoms with Crippen LogP contribution in [0.4, 0.5) is 0 Å². The standard InChI is InChI=1S/C27H41ClO4/c1-4-5-8-12-24(29)20-14-16-21(17-15-20)27-22(23(28)18-25(27)30)11-9-6-7-10-13-26(31)32-19(2)3/h6,9,14-17,19,22-25,27,29-30H,4-5,7-8,10-13,18H2,1-3H3/b9-6-/t22-,23+,24+,25+,27+/m0/s1. The Kier molecular flexibility index (Phi) is 11.8. The second-order valence-electron chi connectivity index (χ2n) is 9.32. The van der Waals surface area contributed by atoms with Crippen LogP contribution in [0, 0.1) is 5.92 Å². The number of benzene rings is 1. The van der Waals surface area contributed by atoms with Crippen molar-refractivity contribution in [3.8, 4) is 0 Å². The van der Waals surface area contributed by atoms with Crippen molar-refractivity contribution in [2.75, 3.05) is 0 Å². The van der Waals surface area contributed by atoms with Crippen molar-refractivity contribution in [1.29, 1.82) is 0 Å². The summed E-state index contributed by atoms with van der Waals surface area (Å²) in [6.07, 6.45) is 10.8. The Morgan fingerprint density at radius 2 is 1.91 bits per heavy atom. The number of hydrogen-bond donors (Lipinski definition) is 2. The van der Waals surface area contributed by atoms with Gasteiger partial charge >= 0.3 is 5.97 Å². The molecule has 0 radical (unpaired) electrons. The number of aliphatic hydroxyl groups excluding tert-OH is 2. The summed E-state index contributed by atoms with van der Waals surface area (Å²) < 4.78 is 5.15. The van der Waals surface area contributed by atoms with Crippen LogP contribution < -0.4 is 0 Å². The Morgan fingerprint density at radius 3 is 2.56 bits per heavy atom. The minimum absolute atomic E-state index is 0.00514. The summed E-state index contributed by atoms with van der Waals surface area (Å²) in [5, 5.41) is 21.0. The average Bonchev–Trinajstić information content (AvgIpc) is 3.03. The van der Waals surface area contributed by atoms with Gasteiger partial charge in [0, 0.05) is 17.7 Å². The number of halogens is 1. The number of esters is 1. The largest absolute Gasteiger partial charge is 0.463 e. The quantitative estimate of drug-likeness (QED) is 0.152. The summed E-state index contributed by atoms with van der Waals surface area (Å²) in [6.45, 7) is 5.87. The molecule has 0 spiro atoms. The maximum absolute atomic E-state index is 11.6. The Labute approximate surface area is 199 Å². The molecule has 0 heterocycles. The minimum Gasteiger partial charge on any atom is -0.463 e. The molecule has 0 unspecified atom stereocenters. The van der Waals surface area contributed by atoms with E-state index < -0.39 is 12.2 Å². The molecule has 180 valence electrons. The smallest absolute Gasteiger partial charge is 0.306 e. The first-order valence-corrected chi connectivity index (χ1v) is 12.7. The SMILES string of the molecule is CCCCC[C@@H](O)c1ccc([C@@H]2[C@@H](C/C=C\CCCC(=O)OC(C)C)[C@H](Cl)C[C@H]2O)cc1. The summed E-state index contributed by atoms with van der Waals surface area (Å²) in [6, 6.07) is 8.06. The van der Waals surface area contributed by atoms with Crippen molar-refractivity contribution >= 4 is 17.6 Å². The predicted molar refractivity (Wildman–Crippen MR) is 131 cm³/mol. The fourth-order valence-electron chi connectivity index (χ4n) is 4.58. The zero-order valence-corrected chi connectivity index (χ0v) is 20.6. The van der Waals surface area contributed by atoms with Gasteiger partial charge in [-0.2, -0.15) is 0 Å². The van der Waals surface area contributed by atoms with E-state index in [4.69, 9.17) is 16.3 Å². The van der Waals surface area contributed by atoms with E-state index in [-0.39, 0.29) is 29.3 Å². The van der Waals surface area contributed by atoms with Gasteiger partial charge in [-0.25, -0.2) is 0 Å². The van der Waals surface area contributed by atoms with E-state index in [1.807, 2.05) is 38.1 Å². The van der Waals surface area contributed by atoms with E-state index in [2.05, 4.69) is 19.1 Å². The Balaban J connectivity index is 1.89. The second kappa shape index (κ2) is 14.0. The molecule has 2 rings (SSSR count). The monoisotopic (exact) mass is 464 g/mol. The average molecular weight is 465 g/mol. The molecule has 0 saturated heterocycles. The molecule has 2 N–H and O–H groups in total. The zero-order valence-electron chi connectivity index (χ0n) is 19.9. The highest BCUT2D eigenvalue weighted by molar-refractivity contribution is 6.21. The molecule has 1 aliphatic rings. The van der Waals surface area contributed by atoms with Gasteiger partial charge in [0.25, 0.3) is 0 Å². The van der Waals surface area contributed by atoms with Crippen LogP contribution in [0.2, 0.25) is 0 Å². The first-order valence-electron chi connectivity index (χ1n) is 12.3. The highest BCUT2D eigenvalue weighted by atomic mass is 35.5. The van der Waals surface area contributed by atoms with Crippen LogP contribution in [0.25, 0.3) is 0 Å². The number of allylic oxidation sites excluding steroid dienone is 2. The molecule has 1 saturated carbocycles. The molecule has 32 heavy (non-hydrogen) atoms. The summed E-state index contributed by atoms with van der Waals surface area (Å²) in [7, 11) is 0. The van der Waals surface area contributed by atoms with E-state index in [1.165, 1.54) is 0 Å². The third-order valence-corrected chi connectivity index (χ3v) is 6.79. The Morgan fingerprint density at radius 1 is 1.19 bits per heavy atom. The maximum Gasteiger partial charge on any atom is 0.306 e. The van der Waals surface area contributed by atoms with Gasteiger partial charge in [0.15, 0.2) is 0 Å². The third-order valence-electron chi connectivity index (χ3n) is 6.29. The van der Waals surface area contributed by atoms with Crippen LogP contribution in [0.5, 0.6) is 0 Å². The lowest BCUT2D eigenvalue weighted by Gasteiger charge is -2.23. The highest BCUT2D eigenvalue weighted by Crippen LogP contribution is 2.45. The van der Waals surface area contributed by atoms with Crippen LogP contribution in [-0.2, 0) is 9.53 Å². The molecule has 5 heteroatoms. The highest BCUT2D eigenvalue weighted by Gasteiger charge is 2.41. The molecule has 0 aromatic heterocycles. The maximum atomic E-state index is 11.6. The molecular formula is C27H41ClO4. The van der Waals surface area contributed by atoms with E-state index in [9.17, 15) is 15.0 Å². The molecule has 1 aromatic carbocycles. The van der Waals surface area contributed by atoms with Gasteiger partial charge in [-0.3, -0.25) is 4.79 Å². The number of carbonyl (C=O) groups is 1. The molecule has 0 aliphatic heterocycles. The fraction of sp³-hybridized carbons (Fsp3) is 0.667. The van der Waals surface area contributed by atoms with Crippen molar-refractivity contribution in [2.45, 2.75) is 108 Å². The van der Waals surface area contributed by atoms with Crippen LogP contribution in [-0.4, -0.2) is 33.8 Å². The Hall–Kier alpha value is -1.36. The van der Waals surface area contributed by atoms with Gasteiger partial charge < -0.3 is 14.9 Å². The lowest BCUT2D eigenvalue weighted by atomic mass is 9.84. The molecule has 1 fully saturated rings. The van der Waals surface area contributed by atoms with E-state index in [0.717, 1.165) is 56.1 Å². The van der Waals surface area contributed by atoms with Crippen molar-refractivity contribution in [3.63, 3.8) is 0 Å². The zero-order chi connectivity index (χ0) is 23.5. The van der Waals surface area contributed by atoms with Gasteiger partial charge in [0.05, 0.1) is 18.3 Å².